The fourth-order valence-electron chi connectivity index (χ4n) is 2.43. The first-order valence-corrected chi connectivity index (χ1v) is 10.1. The third-order valence-corrected chi connectivity index (χ3v) is 4.52. The molecule has 0 aliphatic rings. The predicted molar refractivity (Wildman–Crippen MR) is 106 cm³/mol. The summed E-state index contributed by atoms with van der Waals surface area (Å²) in [5.74, 6) is 0. The van der Waals surface area contributed by atoms with Crippen LogP contribution in [0.1, 0.15) is 58.3 Å². The Balaban J connectivity index is 4.25. The van der Waals surface area contributed by atoms with Gasteiger partial charge in [0.2, 0.25) is 9.76 Å². The van der Waals surface area contributed by atoms with Crippen molar-refractivity contribution in [1.29, 1.82) is 0 Å². The van der Waals surface area contributed by atoms with E-state index in [9.17, 15) is 0 Å². The Hall–Kier alpha value is -1.12. The number of unbranched alkanes of at least 4 members (excludes halogenated alkanes) is 6. The second kappa shape index (κ2) is 13.3. The molecular weight excluding hydrogens is 296 g/mol. The Morgan fingerprint density at radius 2 is 1.57 bits per heavy atom. The lowest BCUT2D eigenvalue weighted by atomic mass is 9.91. The average molecular weight is 331 g/mol. The van der Waals surface area contributed by atoms with E-state index in [0.717, 1.165) is 28.7 Å². The number of hydrogen-bond acceptors (Lipinski definition) is 1. The van der Waals surface area contributed by atoms with Gasteiger partial charge < -0.3 is 4.43 Å². The summed E-state index contributed by atoms with van der Waals surface area (Å²) >= 11 is 0. The van der Waals surface area contributed by atoms with Gasteiger partial charge in [-0.2, -0.15) is 0 Å². The molecule has 0 saturated heterocycles. The first kappa shape index (κ1) is 21.9. The van der Waals surface area contributed by atoms with Crippen molar-refractivity contribution in [2.45, 2.75) is 70.9 Å². The monoisotopic (exact) mass is 330 g/mol. The average Bonchev–Trinajstić information content (AvgIpc) is 2.56. The van der Waals surface area contributed by atoms with E-state index in [1.165, 1.54) is 44.9 Å². The van der Waals surface area contributed by atoms with Gasteiger partial charge in [0.05, 0.1) is 6.10 Å². The van der Waals surface area contributed by atoms with Crippen molar-refractivity contribution in [2.24, 2.45) is 0 Å². The first-order chi connectivity index (χ1) is 11.0. The number of allylic oxidation sites excluding steroid dienone is 1. The van der Waals surface area contributed by atoms with Gasteiger partial charge in [-0.05, 0) is 41.7 Å². The molecule has 0 aromatic rings. The summed E-state index contributed by atoms with van der Waals surface area (Å²) in [6.07, 6.45) is 11.6. The zero-order valence-electron chi connectivity index (χ0n) is 15.3. The molecular formula is C21H34OSi. The minimum absolute atomic E-state index is 0.228. The smallest absolute Gasteiger partial charge is 0.227 e. The second-order valence-electron chi connectivity index (χ2n) is 5.96. The van der Waals surface area contributed by atoms with E-state index in [2.05, 4.69) is 39.8 Å². The number of hydrogen-bond donors (Lipinski definition) is 0. The van der Waals surface area contributed by atoms with Crippen molar-refractivity contribution in [3.05, 3.63) is 61.3 Å². The highest BCUT2D eigenvalue weighted by atomic mass is 28.2. The van der Waals surface area contributed by atoms with Crippen LogP contribution in [0.4, 0.5) is 0 Å². The van der Waals surface area contributed by atoms with Crippen LogP contribution in [0.25, 0.3) is 0 Å². The Bertz CT molecular complexity index is 420. The summed E-state index contributed by atoms with van der Waals surface area (Å²) in [5.41, 5.74) is 3.65. The largest absolute Gasteiger partial charge is 0.407 e. The molecule has 1 nitrogen and oxygen atoms in total. The first-order valence-electron chi connectivity index (χ1n) is 8.69. The maximum absolute atomic E-state index is 5.76. The molecule has 1 unspecified atom stereocenters. The van der Waals surface area contributed by atoms with Gasteiger partial charge >= 0.3 is 0 Å². The van der Waals surface area contributed by atoms with Crippen molar-refractivity contribution in [2.75, 3.05) is 0 Å². The predicted octanol–water partition coefficient (Wildman–Crippen LogP) is 6.59. The van der Waals surface area contributed by atoms with Crippen LogP contribution in [0.3, 0.4) is 0 Å². The van der Waals surface area contributed by atoms with E-state index >= 15 is 0 Å². The summed E-state index contributed by atoms with van der Waals surface area (Å²) < 4.78 is 5.76. The van der Waals surface area contributed by atoms with Gasteiger partial charge in [-0.1, -0.05) is 84.4 Å². The molecule has 0 N–H and O–H groups in total. The third-order valence-electron chi connectivity index (χ3n) is 4.05. The fraction of sp³-hybridized carbons (Fsp3) is 0.524. The molecule has 0 fully saturated rings. The highest BCUT2D eigenvalue weighted by molar-refractivity contribution is 6.25. The molecule has 0 aliphatic heterocycles. The molecule has 0 spiro atoms. The molecule has 0 aromatic carbocycles. The van der Waals surface area contributed by atoms with Crippen LogP contribution in [0.5, 0.6) is 0 Å². The fourth-order valence-corrected chi connectivity index (χ4v) is 2.96. The quantitative estimate of drug-likeness (QED) is 0.187. The molecule has 0 saturated carbocycles. The van der Waals surface area contributed by atoms with E-state index in [1.54, 1.807) is 6.08 Å². The van der Waals surface area contributed by atoms with E-state index in [0.29, 0.717) is 9.76 Å². The van der Waals surface area contributed by atoms with Crippen LogP contribution in [-0.4, -0.2) is 15.9 Å². The highest BCUT2D eigenvalue weighted by Crippen LogP contribution is 2.27. The van der Waals surface area contributed by atoms with Crippen molar-refractivity contribution in [1.82, 2.24) is 0 Å². The van der Waals surface area contributed by atoms with Crippen molar-refractivity contribution < 1.29 is 4.43 Å². The van der Waals surface area contributed by atoms with Gasteiger partial charge in [0.15, 0.2) is 0 Å². The Kier molecular flexibility index (Phi) is 12.7. The standard InChI is InChI=1S/C21H34OSi/c1-8-10-11-12-13-14-15-16-18(4)19(5)20(6)21(22-23-7)17(3)9-2/h9,21H,2-6,8,10-16H2,1,7H3. The SMILES string of the molecule is C=CC(=C)C(O[Si]C)C(=C)C(=C)C(=C)CCCCCCCCC. The molecule has 0 rings (SSSR count). The second-order valence-corrected chi connectivity index (χ2v) is 6.60. The van der Waals surface area contributed by atoms with Crippen LogP contribution in [0, 0.1) is 0 Å². The lowest BCUT2D eigenvalue weighted by Gasteiger charge is -2.23. The zero-order chi connectivity index (χ0) is 17.7. The highest BCUT2D eigenvalue weighted by Gasteiger charge is 2.18. The van der Waals surface area contributed by atoms with Crippen LogP contribution in [0.15, 0.2) is 61.3 Å². The van der Waals surface area contributed by atoms with E-state index in [1.807, 2.05) is 6.55 Å². The van der Waals surface area contributed by atoms with Crippen LogP contribution >= 0.6 is 0 Å². The number of rotatable bonds is 15. The van der Waals surface area contributed by atoms with Crippen LogP contribution in [-0.2, 0) is 4.43 Å². The van der Waals surface area contributed by atoms with Crippen molar-refractivity contribution >= 4 is 9.76 Å². The topological polar surface area (TPSA) is 9.23 Å². The van der Waals surface area contributed by atoms with Gasteiger partial charge in [-0.25, -0.2) is 0 Å². The third kappa shape index (κ3) is 8.92. The van der Waals surface area contributed by atoms with E-state index in [4.69, 9.17) is 4.43 Å². The normalized spacial score (nSPS) is 11.7. The molecule has 0 amide bonds. The Morgan fingerprint density at radius 1 is 1.00 bits per heavy atom. The van der Waals surface area contributed by atoms with Gasteiger partial charge in [-0.3, -0.25) is 0 Å². The summed E-state index contributed by atoms with van der Waals surface area (Å²) in [4.78, 5) is 0. The minimum atomic E-state index is -0.228. The summed E-state index contributed by atoms with van der Waals surface area (Å²) in [6, 6.07) is 0. The molecule has 23 heavy (non-hydrogen) atoms. The maximum atomic E-state index is 5.76. The molecule has 0 aromatic heterocycles. The Labute approximate surface area is 146 Å². The van der Waals surface area contributed by atoms with E-state index in [-0.39, 0.29) is 6.10 Å². The van der Waals surface area contributed by atoms with Gasteiger partial charge in [0, 0.05) is 0 Å². The minimum Gasteiger partial charge on any atom is -0.407 e. The lowest BCUT2D eigenvalue weighted by molar-refractivity contribution is 0.298. The molecule has 2 radical (unpaired) electrons. The van der Waals surface area contributed by atoms with Crippen molar-refractivity contribution in [3.63, 3.8) is 0 Å². The molecule has 0 bridgehead atoms. The lowest BCUT2D eigenvalue weighted by Crippen LogP contribution is -2.19. The van der Waals surface area contributed by atoms with Crippen LogP contribution in [0.2, 0.25) is 6.55 Å². The molecule has 0 heterocycles. The summed E-state index contributed by atoms with van der Waals surface area (Å²) in [7, 11) is 0.373. The van der Waals surface area contributed by atoms with Crippen LogP contribution < -0.4 is 0 Å². The molecule has 128 valence electrons. The van der Waals surface area contributed by atoms with Crippen molar-refractivity contribution in [3.8, 4) is 0 Å². The summed E-state index contributed by atoms with van der Waals surface area (Å²) in [6.45, 7) is 24.5. The van der Waals surface area contributed by atoms with Gasteiger partial charge in [0.1, 0.15) is 0 Å². The van der Waals surface area contributed by atoms with Gasteiger partial charge in [0.25, 0.3) is 0 Å². The van der Waals surface area contributed by atoms with Gasteiger partial charge in [-0.15, -0.1) is 0 Å². The molecule has 1 atom stereocenters. The molecule has 0 aliphatic carbocycles. The van der Waals surface area contributed by atoms with E-state index < -0.39 is 0 Å². The summed E-state index contributed by atoms with van der Waals surface area (Å²) in [5, 5.41) is 0. The zero-order valence-corrected chi connectivity index (χ0v) is 16.3. The Morgan fingerprint density at radius 3 is 2.09 bits per heavy atom. The maximum Gasteiger partial charge on any atom is 0.227 e. The molecule has 2 heteroatoms.